The van der Waals surface area contributed by atoms with E-state index in [9.17, 15) is 4.79 Å². The fourth-order valence-corrected chi connectivity index (χ4v) is 1.71. The van der Waals surface area contributed by atoms with Crippen LogP contribution in [0.3, 0.4) is 0 Å². The molecule has 0 bridgehead atoms. The van der Waals surface area contributed by atoms with Crippen molar-refractivity contribution in [1.29, 1.82) is 0 Å². The molecule has 0 aliphatic rings. The zero-order valence-corrected chi connectivity index (χ0v) is 10.0. The molecule has 0 saturated heterocycles. The smallest absolute Gasteiger partial charge is 0.358 e. The summed E-state index contributed by atoms with van der Waals surface area (Å²) in [5.74, 6) is -0.526. The van der Waals surface area contributed by atoms with Crippen LogP contribution < -0.4 is 0 Å². The van der Waals surface area contributed by atoms with Crippen LogP contribution in [0, 0.1) is 0 Å². The minimum atomic E-state index is -1.07. The van der Waals surface area contributed by atoms with E-state index in [4.69, 9.17) is 9.63 Å². The summed E-state index contributed by atoms with van der Waals surface area (Å²) in [6, 6.07) is 11.5. The summed E-state index contributed by atoms with van der Waals surface area (Å²) in [4.78, 5) is 12.7. The third kappa shape index (κ3) is 3.18. The van der Waals surface area contributed by atoms with Crippen molar-refractivity contribution in [3.05, 3.63) is 53.4 Å². The van der Waals surface area contributed by atoms with Crippen molar-refractivity contribution in [2.75, 3.05) is 7.05 Å². The molecule has 5 nitrogen and oxygen atoms in total. The molecular weight excluding hydrogens is 232 g/mol. The Bertz CT molecular complexity index is 522. The number of aromatic carboxylic acids is 1. The van der Waals surface area contributed by atoms with E-state index >= 15 is 0 Å². The highest BCUT2D eigenvalue weighted by Gasteiger charge is 2.12. The van der Waals surface area contributed by atoms with Gasteiger partial charge < -0.3 is 9.63 Å². The van der Waals surface area contributed by atoms with Crippen molar-refractivity contribution in [3.8, 4) is 0 Å². The molecule has 1 aromatic heterocycles. The van der Waals surface area contributed by atoms with Gasteiger partial charge in [-0.3, -0.25) is 4.90 Å². The molecule has 2 rings (SSSR count). The van der Waals surface area contributed by atoms with Crippen molar-refractivity contribution in [2.45, 2.75) is 13.1 Å². The first-order valence-electron chi connectivity index (χ1n) is 5.56. The molecule has 18 heavy (non-hydrogen) atoms. The first kappa shape index (κ1) is 12.3. The Balaban J connectivity index is 1.94. The van der Waals surface area contributed by atoms with Crippen molar-refractivity contribution in [1.82, 2.24) is 10.1 Å². The molecular formula is C13H14N2O3. The van der Waals surface area contributed by atoms with E-state index in [1.54, 1.807) is 0 Å². The van der Waals surface area contributed by atoms with Crippen LogP contribution in [0.15, 0.2) is 40.9 Å². The number of benzene rings is 1. The minimum Gasteiger partial charge on any atom is -0.476 e. The average Bonchev–Trinajstić information content (AvgIpc) is 2.78. The summed E-state index contributed by atoms with van der Waals surface area (Å²) in [6.07, 6.45) is 0. The first-order chi connectivity index (χ1) is 8.65. The van der Waals surface area contributed by atoms with Crippen LogP contribution in [0.1, 0.15) is 21.8 Å². The highest BCUT2D eigenvalue weighted by molar-refractivity contribution is 5.85. The summed E-state index contributed by atoms with van der Waals surface area (Å²) in [6.45, 7) is 1.29. The maximum absolute atomic E-state index is 10.7. The van der Waals surface area contributed by atoms with Gasteiger partial charge in [0, 0.05) is 12.6 Å². The molecule has 0 aliphatic carbocycles. The van der Waals surface area contributed by atoms with Gasteiger partial charge in [0.2, 0.25) is 0 Å². The molecule has 0 saturated carbocycles. The van der Waals surface area contributed by atoms with Gasteiger partial charge in [-0.15, -0.1) is 0 Å². The van der Waals surface area contributed by atoms with Gasteiger partial charge in [0.1, 0.15) is 0 Å². The Morgan fingerprint density at radius 1 is 1.33 bits per heavy atom. The largest absolute Gasteiger partial charge is 0.476 e. The van der Waals surface area contributed by atoms with E-state index in [1.165, 1.54) is 11.6 Å². The molecule has 1 N–H and O–H groups in total. The van der Waals surface area contributed by atoms with Gasteiger partial charge in [-0.25, -0.2) is 4.79 Å². The molecule has 0 unspecified atom stereocenters. The second-order valence-corrected chi connectivity index (χ2v) is 4.14. The molecule has 5 heteroatoms. The van der Waals surface area contributed by atoms with Crippen molar-refractivity contribution in [2.24, 2.45) is 0 Å². The summed E-state index contributed by atoms with van der Waals surface area (Å²) in [5.41, 5.74) is 1.14. The number of hydrogen-bond acceptors (Lipinski definition) is 4. The Labute approximate surface area is 105 Å². The maximum Gasteiger partial charge on any atom is 0.358 e. The fourth-order valence-electron chi connectivity index (χ4n) is 1.71. The molecule has 1 heterocycles. The van der Waals surface area contributed by atoms with Gasteiger partial charge in [-0.1, -0.05) is 35.5 Å². The third-order valence-electron chi connectivity index (χ3n) is 2.50. The zero-order chi connectivity index (χ0) is 13.0. The number of carboxylic acid groups (broad SMARTS) is 1. The SMILES string of the molecule is CN(Cc1ccccc1)Cc1cc(C(=O)O)no1. The van der Waals surface area contributed by atoms with Crippen LogP contribution in [0.2, 0.25) is 0 Å². The Hall–Kier alpha value is -2.14. The number of hydrogen-bond donors (Lipinski definition) is 1. The lowest BCUT2D eigenvalue weighted by molar-refractivity contribution is 0.0685. The Morgan fingerprint density at radius 3 is 2.67 bits per heavy atom. The second-order valence-electron chi connectivity index (χ2n) is 4.14. The van der Waals surface area contributed by atoms with Gasteiger partial charge in [0.25, 0.3) is 0 Å². The normalized spacial score (nSPS) is 10.8. The van der Waals surface area contributed by atoms with Gasteiger partial charge in [0.15, 0.2) is 11.5 Å². The highest BCUT2D eigenvalue weighted by atomic mass is 16.5. The summed E-state index contributed by atoms with van der Waals surface area (Å²) in [5, 5.41) is 12.2. The lowest BCUT2D eigenvalue weighted by atomic mass is 10.2. The molecule has 0 aliphatic heterocycles. The summed E-state index contributed by atoms with van der Waals surface area (Å²) in [7, 11) is 1.94. The highest BCUT2D eigenvalue weighted by Crippen LogP contribution is 2.09. The number of nitrogens with zero attached hydrogens (tertiary/aromatic N) is 2. The fraction of sp³-hybridized carbons (Fsp3) is 0.231. The van der Waals surface area contributed by atoms with Gasteiger partial charge in [-0.05, 0) is 12.6 Å². The molecule has 0 amide bonds. The lowest BCUT2D eigenvalue weighted by Gasteiger charge is -2.14. The number of aromatic nitrogens is 1. The molecule has 94 valence electrons. The average molecular weight is 246 g/mol. The summed E-state index contributed by atoms with van der Waals surface area (Å²) < 4.78 is 4.96. The Morgan fingerprint density at radius 2 is 2.06 bits per heavy atom. The Kier molecular flexibility index (Phi) is 3.74. The van der Waals surface area contributed by atoms with E-state index in [2.05, 4.69) is 5.16 Å². The maximum atomic E-state index is 10.7. The van der Waals surface area contributed by atoms with Gasteiger partial charge in [-0.2, -0.15) is 0 Å². The predicted octanol–water partition coefficient (Wildman–Crippen LogP) is 2.00. The summed E-state index contributed by atoms with van der Waals surface area (Å²) >= 11 is 0. The van der Waals surface area contributed by atoms with Crippen LogP contribution in [0.25, 0.3) is 0 Å². The predicted molar refractivity (Wildman–Crippen MR) is 65.1 cm³/mol. The van der Waals surface area contributed by atoms with Crippen LogP contribution in [0.5, 0.6) is 0 Å². The van der Waals surface area contributed by atoms with E-state index in [1.807, 2.05) is 42.3 Å². The van der Waals surface area contributed by atoms with E-state index in [0.29, 0.717) is 12.3 Å². The third-order valence-corrected chi connectivity index (χ3v) is 2.50. The quantitative estimate of drug-likeness (QED) is 0.874. The van der Waals surface area contributed by atoms with E-state index < -0.39 is 5.97 Å². The monoisotopic (exact) mass is 246 g/mol. The van der Waals surface area contributed by atoms with E-state index in [-0.39, 0.29) is 5.69 Å². The number of carboxylic acids is 1. The van der Waals surface area contributed by atoms with Crippen molar-refractivity contribution in [3.63, 3.8) is 0 Å². The van der Waals surface area contributed by atoms with Gasteiger partial charge in [0.05, 0.1) is 6.54 Å². The van der Waals surface area contributed by atoms with Crippen LogP contribution in [-0.4, -0.2) is 28.2 Å². The molecule has 1 aromatic carbocycles. The van der Waals surface area contributed by atoms with E-state index in [0.717, 1.165) is 6.54 Å². The van der Waals surface area contributed by atoms with Crippen LogP contribution in [0.4, 0.5) is 0 Å². The second kappa shape index (κ2) is 5.46. The van der Waals surface area contributed by atoms with Crippen LogP contribution >= 0.6 is 0 Å². The van der Waals surface area contributed by atoms with Crippen LogP contribution in [-0.2, 0) is 13.1 Å². The molecule has 0 fully saturated rings. The topological polar surface area (TPSA) is 66.6 Å². The van der Waals surface area contributed by atoms with Gasteiger partial charge >= 0.3 is 5.97 Å². The zero-order valence-electron chi connectivity index (χ0n) is 10.0. The number of rotatable bonds is 5. The van der Waals surface area contributed by atoms with Crippen molar-refractivity contribution >= 4 is 5.97 Å². The molecule has 0 radical (unpaired) electrons. The standard InChI is InChI=1S/C13H14N2O3/c1-15(8-10-5-3-2-4-6-10)9-11-7-12(13(16)17)14-18-11/h2-7H,8-9H2,1H3,(H,16,17). The minimum absolute atomic E-state index is 0.0573. The molecule has 2 aromatic rings. The van der Waals surface area contributed by atoms with Crippen molar-refractivity contribution < 1.29 is 14.4 Å². The molecule has 0 atom stereocenters. The number of carbonyl (C=O) groups is 1. The molecule has 0 spiro atoms. The first-order valence-corrected chi connectivity index (χ1v) is 5.56. The lowest BCUT2D eigenvalue weighted by Crippen LogP contribution is -2.16.